The van der Waals surface area contributed by atoms with Gasteiger partial charge in [-0.05, 0) is 72.6 Å². The lowest BCUT2D eigenvalue weighted by molar-refractivity contribution is -0.414. The molecular weight excluding hydrogens is 1650 g/mol. The average molecular weight is 1790 g/mol. The number of fused-ring (bicyclic) bond motifs is 4. The molecule has 0 spiro atoms. The van der Waals surface area contributed by atoms with Crippen LogP contribution in [0.1, 0.15) is 199 Å². The summed E-state index contributed by atoms with van der Waals surface area (Å²) in [5.74, 6) is -11.0. The number of esters is 6. The Kier molecular flexibility index (Phi) is 42.2. The lowest BCUT2D eigenvalue weighted by Crippen LogP contribution is -2.70. The number of aliphatic hydroxyl groups excluding tert-OH is 15. The molecule has 0 aliphatic carbocycles. The summed E-state index contributed by atoms with van der Waals surface area (Å²) < 4.78 is 129. The molecule has 718 valence electrons. The molecule has 0 aromatic carbocycles. The van der Waals surface area contributed by atoms with Crippen LogP contribution in [-0.4, -0.2) is 373 Å². The second-order valence-corrected chi connectivity index (χ2v) is 34.2. The van der Waals surface area contributed by atoms with Gasteiger partial charge in [0.2, 0.25) is 0 Å². The van der Waals surface area contributed by atoms with Gasteiger partial charge >= 0.3 is 35.8 Å². The van der Waals surface area contributed by atoms with Crippen LogP contribution in [0.4, 0.5) is 0 Å². The van der Waals surface area contributed by atoms with Gasteiger partial charge in [0, 0.05) is 6.42 Å². The topological polar surface area (TPSA) is 590 Å². The van der Waals surface area contributed by atoms with Gasteiger partial charge in [-0.25, -0.2) is 0 Å². The molecule has 8 fully saturated rings. The molecule has 0 saturated carbocycles. The van der Waals surface area contributed by atoms with Crippen LogP contribution in [0.2, 0.25) is 0 Å². The normalized spacial score (nSPS) is 41.5. The Labute approximate surface area is 722 Å². The van der Waals surface area contributed by atoms with Crippen molar-refractivity contribution in [2.75, 3.05) is 33.0 Å². The highest BCUT2D eigenvalue weighted by atomic mass is 16.8. The van der Waals surface area contributed by atoms with Gasteiger partial charge in [-0.2, -0.15) is 0 Å². The Hall–Kier alpha value is -4.34. The summed E-state index contributed by atoms with van der Waals surface area (Å²) in [4.78, 5) is 87.7. The Morgan fingerprint density at radius 2 is 0.831 bits per heavy atom. The smallest absolute Gasteiger partial charge is 0.311 e. The third-order valence-electron chi connectivity index (χ3n) is 24.8. The van der Waals surface area contributed by atoms with E-state index in [4.69, 9.17) is 94.7 Å². The molecule has 8 rings (SSSR count). The quantitative estimate of drug-likeness (QED) is 0.0213. The molecule has 41 nitrogen and oxygen atoms in total. The highest BCUT2D eigenvalue weighted by Gasteiger charge is 2.62. The van der Waals surface area contributed by atoms with Crippen LogP contribution in [0.3, 0.4) is 0 Å². The van der Waals surface area contributed by atoms with Crippen LogP contribution < -0.4 is 0 Å². The van der Waals surface area contributed by atoms with Crippen molar-refractivity contribution >= 4 is 35.8 Å². The Balaban J connectivity index is 1.38. The van der Waals surface area contributed by atoms with Crippen molar-refractivity contribution in [1.29, 1.82) is 0 Å². The van der Waals surface area contributed by atoms with Gasteiger partial charge in [0.1, 0.15) is 135 Å². The number of aliphatic hydroxyl groups is 15. The molecule has 8 aliphatic heterocycles. The van der Waals surface area contributed by atoms with Crippen molar-refractivity contribution in [3.63, 3.8) is 0 Å². The molecule has 8 heterocycles. The van der Waals surface area contributed by atoms with E-state index in [1.165, 1.54) is 55.4 Å². The molecule has 15 N–H and O–H groups in total. The van der Waals surface area contributed by atoms with Gasteiger partial charge in [0.25, 0.3) is 0 Å². The molecule has 8 aliphatic rings. The Morgan fingerprint density at radius 3 is 1.37 bits per heavy atom. The van der Waals surface area contributed by atoms with Crippen LogP contribution in [-0.2, 0) is 124 Å². The zero-order chi connectivity index (χ0) is 91.4. The lowest BCUT2D eigenvalue weighted by atomic mass is 9.94. The number of rotatable bonds is 32. The fourth-order valence-electron chi connectivity index (χ4n) is 15.3. The molecule has 0 radical (unpaired) electrons. The van der Waals surface area contributed by atoms with E-state index in [2.05, 4.69) is 0 Å². The molecule has 0 amide bonds. The first kappa shape index (κ1) is 105. The standard InChI is InChI=1S/C83H140O41/c1-14-19-25-28-44-29-26-23-21-20-22-24-27-30-50(87)116-70-68(119-74(102)38(8)17-4)64(118-73(101)37(7)16-3)49(35-107-78-61(98)58(95)54(91)47(113-78)34-106-77-60(97)56(93)52(89)45(31-84)111-77)115-83(70)121-65-55(92)48(33-105-76(104)40(10)41(11)86)114-82(122-66-59(96)51(88)42(12)108-80(66)110-44)69(65)124-81-71(120-75(103)39(9)18-5)67(63(43(13)109-81)117-72(100)36(6)15-2)123-79-62(99)57(94)53(90)46(32-85)112-79/h36-49,51-71,77-86,88-99H,14-35H2,1-13H3/t36-,37-,38-,39-,40+,41+,42+,43-,44-,45+,46+,47+,48+,49-,51-,52+,53+,54+,55+,56-,57-,58-,59-,60+,61+,62+,63-,64-,65-,66+,67+,68+,69+,70-,71+,77+,78+,79-,80-,81-,82-,83+/m0/s1. The van der Waals surface area contributed by atoms with Crippen molar-refractivity contribution in [3.8, 4) is 0 Å². The van der Waals surface area contributed by atoms with E-state index in [1.807, 2.05) is 6.92 Å². The van der Waals surface area contributed by atoms with E-state index < -0.39 is 326 Å². The SMILES string of the molecule is CCCCC[C@H]1CCCCCCCCCC(=O)O[C@@H]2[C@@H](O[C@H]3[C@H](O)[C@@H](COC(=O)[C@H](C)[C@@H](C)O)O[C@@H](O[C@H]4[C@H](O1)O[C@H](C)[C@H](O)[C@@H]4O)[C@@H]3O[C@@H]1O[C@@H](C)[C@H](OC(=O)[C@@H](C)CC)[C@@H](O[C@@H]3O[C@H](CO)[C@@H](O)[C@H](O)[C@H]3O)[C@H]1OC(=O)[C@@H](C)CC)O[C@@H](CO[C@@H]1O[C@H](CO[C@@H]3O[C@H](CO)[C@@H](O)[C@H](O)[C@H]3O)[C@@H](O)[C@H](O)[C@H]1O)[C@H](OC(=O)[C@@H](C)CC)[C@H]2OC(=O)[C@@H](C)CC. The van der Waals surface area contributed by atoms with E-state index in [0.717, 1.165) is 32.1 Å². The monoisotopic (exact) mass is 1790 g/mol. The number of hydrogen-bond donors (Lipinski definition) is 15. The van der Waals surface area contributed by atoms with Gasteiger partial charge in [0.15, 0.2) is 74.6 Å². The van der Waals surface area contributed by atoms with Gasteiger partial charge in [-0.1, -0.05) is 120 Å². The number of hydrogen-bond acceptors (Lipinski definition) is 41. The number of carbonyl (C=O) groups excluding carboxylic acids is 6. The minimum atomic E-state index is -2.40. The summed E-state index contributed by atoms with van der Waals surface area (Å²) in [6.07, 6.45) is -64.0. The maximum Gasteiger partial charge on any atom is 0.311 e. The molecule has 2 bridgehead atoms. The first-order valence-electron chi connectivity index (χ1n) is 44.2. The molecule has 8 saturated heterocycles. The van der Waals surface area contributed by atoms with Gasteiger partial charge in [0.05, 0.1) is 80.4 Å². The summed E-state index contributed by atoms with van der Waals surface area (Å²) >= 11 is 0. The summed E-state index contributed by atoms with van der Waals surface area (Å²) in [5, 5.41) is 170. The maximum atomic E-state index is 15.1. The van der Waals surface area contributed by atoms with Crippen LogP contribution >= 0.6 is 0 Å². The average Bonchev–Trinajstić information content (AvgIpc) is 0.749. The second-order valence-electron chi connectivity index (χ2n) is 34.2. The van der Waals surface area contributed by atoms with Gasteiger partial charge < -0.3 is 171 Å². The number of carbonyl (C=O) groups is 6. The third-order valence-corrected chi connectivity index (χ3v) is 24.8. The minimum Gasteiger partial charge on any atom is -0.463 e. The molecule has 0 unspecified atom stereocenters. The van der Waals surface area contributed by atoms with Crippen LogP contribution in [0.15, 0.2) is 0 Å². The largest absolute Gasteiger partial charge is 0.463 e. The predicted octanol–water partition coefficient (Wildman–Crippen LogP) is -1.22. The molecule has 0 aromatic rings. The van der Waals surface area contributed by atoms with Crippen molar-refractivity contribution < 1.29 is 200 Å². The lowest BCUT2D eigenvalue weighted by Gasteiger charge is -2.52. The summed E-state index contributed by atoms with van der Waals surface area (Å²) in [7, 11) is 0. The molecule has 124 heavy (non-hydrogen) atoms. The van der Waals surface area contributed by atoms with Crippen molar-refractivity contribution in [2.24, 2.45) is 29.6 Å². The molecule has 42 atom stereocenters. The van der Waals surface area contributed by atoms with E-state index in [0.29, 0.717) is 38.5 Å². The van der Waals surface area contributed by atoms with Crippen LogP contribution in [0.5, 0.6) is 0 Å². The second kappa shape index (κ2) is 49.8. The highest BCUT2D eigenvalue weighted by molar-refractivity contribution is 5.75. The van der Waals surface area contributed by atoms with E-state index in [1.54, 1.807) is 27.7 Å². The number of ether oxygens (including phenoxy) is 20. The predicted molar refractivity (Wildman–Crippen MR) is 419 cm³/mol. The third kappa shape index (κ3) is 27.0. The minimum absolute atomic E-state index is 0.0995. The first-order chi connectivity index (χ1) is 58.9. The van der Waals surface area contributed by atoms with E-state index >= 15 is 4.79 Å². The zero-order valence-electron chi connectivity index (χ0n) is 73.1. The number of unbranched alkanes of at least 4 members (excludes halogenated alkanes) is 2. The molecule has 41 heteroatoms. The van der Waals surface area contributed by atoms with Crippen molar-refractivity contribution in [2.45, 2.75) is 426 Å². The van der Waals surface area contributed by atoms with E-state index in [-0.39, 0.29) is 38.5 Å². The van der Waals surface area contributed by atoms with Crippen molar-refractivity contribution in [1.82, 2.24) is 0 Å². The van der Waals surface area contributed by atoms with Crippen molar-refractivity contribution in [3.05, 3.63) is 0 Å². The summed E-state index contributed by atoms with van der Waals surface area (Å²) in [5.41, 5.74) is 0. The molecule has 0 aromatic heterocycles. The Morgan fingerprint density at radius 1 is 0.379 bits per heavy atom. The summed E-state index contributed by atoms with van der Waals surface area (Å²) in [6.45, 7) is 15.4. The van der Waals surface area contributed by atoms with Crippen LogP contribution in [0.25, 0.3) is 0 Å². The van der Waals surface area contributed by atoms with Gasteiger partial charge in [-0.3, -0.25) is 28.8 Å². The maximum absolute atomic E-state index is 15.1. The molecular formula is C83H140O41. The zero-order valence-corrected chi connectivity index (χ0v) is 73.1. The fraction of sp³-hybridized carbons (Fsp3) is 0.928. The van der Waals surface area contributed by atoms with Gasteiger partial charge in [-0.15, -0.1) is 0 Å². The fourth-order valence-corrected chi connectivity index (χ4v) is 15.3. The Bertz CT molecular complexity index is 3210. The van der Waals surface area contributed by atoms with E-state index in [9.17, 15) is 101 Å². The summed E-state index contributed by atoms with van der Waals surface area (Å²) in [6, 6.07) is 0. The van der Waals surface area contributed by atoms with Crippen LogP contribution in [0, 0.1) is 29.6 Å². The highest BCUT2D eigenvalue weighted by Crippen LogP contribution is 2.43. The first-order valence-corrected chi connectivity index (χ1v) is 44.2.